The SMILES string of the molecule is CCC1=CCCC(C)=CCC1. The fraction of sp³-hybridized carbons (Fsp3) is 0.636. The number of rotatable bonds is 1. The minimum atomic E-state index is 1.24. The smallest absolute Gasteiger partial charge is 0.0286 e. The van der Waals surface area contributed by atoms with E-state index in [0.717, 1.165) is 0 Å². The highest BCUT2D eigenvalue weighted by Crippen LogP contribution is 2.18. The lowest BCUT2D eigenvalue weighted by atomic mass is 9.99. The van der Waals surface area contributed by atoms with E-state index in [1.807, 2.05) is 0 Å². The molecule has 0 heterocycles. The van der Waals surface area contributed by atoms with E-state index >= 15 is 0 Å². The van der Waals surface area contributed by atoms with Gasteiger partial charge in [-0.05, 0) is 39.0 Å². The first-order valence-electron chi connectivity index (χ1n) is 4.66. The summed E-state index contributed by atoms with van der Waals surface area (Å²) in [7, 11) is 0. The molecule has 0 saturated carbocycles. The molecular weight excluding hydrogens is 132 g/mol. The van der Waals surface area contributed by atoms with Crippen LogP contribution in [0.5, 0.6) is 0 Å². The number of hydrogen-bond acceptors (Lipinski definition) is 0. The maximum Gasteiger partial charge on any atom is -0.0286 e. The van der Waals surface area contributed by atoms with Crippen molar-refractivity contribution in [1.29, 1.82) is 0 Å². The highest BCUT2D eigenvalue weighted by Gasteiger charge is 1.97. The van der Waals surface area contributed by atoms with Crippen LogP contribution in [0.1, 0.15) is 46.0 Å². The zero-order chi connectivity index (χ0) is 8.10. The molecule has 1 aliphatic carbocycles. The second-order valence-corrected chi connectivity index (χ2v) is 3.34. The van der Waals surface area contributed by atoms with E-state index in [2.05, 4.69) is 26.0 Å². The van der Waals surface area contributed by atoms with Crippen molar-refractivity contribution < 1.29 is 0 Å². The number of allylic oxidation sites excluding steroid dienone is 4. The molecule has 0 aromatic carbocycles. The molecule has 0 fully saturated rings. The van der Waals surface area contributed by atoms with Crippen molar-refractivity contribution in [2.24, 2.45) is 0 Å². The predicted octanol–water partition coefficient (Wildman–Crippen LogP) is 3.84. The van der Waals surface area contributed by atoms with E-state index in [1.165, 1.54) is 32.1 Å². The molecule has 0 aliphatic heterocycles. The average molecular weight is 150 g/mol. The lowest BCUT2D eigenvalue weighted by Crippen LogP contribution is -1.87. The molecule has 0 atom stereocenters. The maximum atomic E-state index is 2.43. The molecule has 0 aromatic heterocycles. The molecule has 0 nitrogen and oxygen atoms in total. The summed E-state index contributed by atoms with van der Waals surface area (Å²) in [6, 6.07) is 0. The summed E-state index contributed by atoms with van der Waals surface area (Å²) in [5.74, 6) is 0. The molecule has 0 saturated heterocycles. The lowest BCUT2D eigenvalue weighted by Gasteiger charge is -2.07. The minimum absolute atomic E-state index is 1.24. The Labute approximate surface area is 70.0 Å². The Balaban J connectivity index is 2.48. The van der Waals surface area contributed by atoms with Crippen molar-refractivity contribution in [3.8, 4) is 0 Å². The van der Waals surface area contributed by atoms with Crippen LogP contribution in [0.15, 0.2) is 23.3 Å². The van der Waals surface area contributed by atoms with Gasteiger partial charge in [0.05, 0.1) is 0 Å². The Kier molecular flexibility index (Phi) is 3.41. The van der Waals surface area contributed by atoms with Crippen molar-refractivity contribution in [3.63, 3.8) is 0 Å². The van der Waals surface area contributed by atoms with Gasteiger partial charge in [-0.2, -0.15) is 0 Å². The Morgan fingerprint density at radius 1 is 1.18 bits per heavy atom. The van der Waals surface area contributed by atoms with Gasteiger partial charge in [0.2, 0.25) is 0 Å². The van der Waals surface area contributed by atoms with Gasteiger partial charge in [0, 0.05) is 0 Å². The molecular formula is C11H18. The van der Waals surface area contributed by atoms with Crippen molar-refractivity contribution in [2.75, 3.05) is 0 Å². The first-order chi connectivity index (χ1) is 5.33. The largest absolute Gasteiger partial charge is 0.0853 e. The highest BCUT2D eigenvalue weighted by molar-refractivity contribution is 5.09. The predicted molar refractivity (Wildman–Crippen MR) is 50.6 cm³/mol. The zero-order valence-electron chi connectivity index (χ0n) is 7.69. The third-order valence-corrected chi connectivity index (χ3v) is 2.38. The van der Waals surface area contributed by atoms with Crippen molar-refractivity contribution in [2.45, 2.75) is 46.0 Å². The molecule has 11 heavy (non-hydrogen) atoms. The van der Waals surface area contributed by atoms with Crippen LogP contribution in [-0.4, -0.2) is 0 Å². The molecule has 0 spiro atoms. The minimum Gasteiger partial charge on any atom is -0.0853 e. The first-order valence-corrected chi connectivity index (χ1v) is 4.66. The van der Waals surface area contributed by atoms with Gasteiger partial charge in [0.15, 0.2) is 0 Å². The molecule has 0 amide bonds. The summed E-state index contributed by atoms with van der Waals surface area (Å²) in [6.45, 7) is 4.49. The Bertz CT molecular complexity index is 172. The van der Waals surface area contributed by atoms with Crippen LogP contribution in [-0.2, 0) is 0 Å². The standard InChI is InChI=1S/C11H18/c1-3-11-8-4-6-10(2)7-5-9-11/h6,9H,3-5,7-8H2,1-2H3. The molecule has 0 aromatic rings. The topological polar surface area (TPSA) is 0 Å². The van der Waals surface area contributed by atoms with E-state index in [9.17, 15) is 0 Å². The molecule has 0 heteroatoms. The normalized spacial score (nSPS) is 19.8. The molecule has 0 radical (unpaired) electrons. The fourth-order valence-electron chi connectivity index (χ4n) is 1.53. The lowest BCUT2D eigenvalue weighted by molar-refractivity contribution is 0.840. The van der Waals surface area contributed by atoms with Crippen molar-refractivity contribution in [3.05, 3.63) is 23.3 Å². The maximum absolute atomic E-state index is 2.43. The fourth-order valence-corrected chi connectivity index (χ4v) is 1.53. The molecule has 0 N–H and O–H groups in total. The van der Waals surface area contributed by atoms with Gasteiger partial charge >= 0.3 is 0 Å². The quantitative estimate of drug-likeness (QED) is 0.498. The van der Waals surface area contributed by atoms with E-state index in [1.54, 1.807) is 11.1 Å². The van der Waals surface area contributed by atoms with Crippen LogP contribution in [0.4, 0.5) is 0 Å². The van der Waals surface area contributed by atoms with E-state index in [4.69, 9.17) is 0 Å². The van der Waals surface area contributed by atoms with Crippen LogP contribution in [0, 0.1) is 0 Å². The third-order valence-electron chi connectivity index (χ3n) is 2.38. The van der Waals surface area contributed by atoms with E-state index in [-0.39, 0.29) is 0 Å². The van der Waals surface area contributed by atoms with E-state index < -0.39 is 0 Å². The Hall–Kier alpha value is -0.520. The summed E-state index contributed by atoms with van der Waals surface area (Å²) < 4.78 is 0. The van der Waals surface area contributed by atoms with Crippen molar-refractivity contribution in [1.82, 2.24) is 0 Å². The van der Waals surface area contributed by atoms with Crippen LogP contribution in [0.3, 0.4) is 0 Å². The van der Waals surface area contributed by atoms with Gasteiger partial charge in [-0.25, -0.2) is 0 Å². The zero-order valence-corrected chi connectivity index (χ0v) is 7.69. The third kappa shape index (κ3) is 2.92. The molecule has 1 rings (SSSR count). The van der Waals surface area contributed by atoms with Gasteiger partial charge in [-0.1, -0.05) is 30.2 Å². The Morgan fingerprint density at radius 2 is 1.91 bits per heavy atom. The molecule has 62 valence electrons. The molecule has 1 aliphatic rings. The van der Waals surface area contributed by atoms with Gasteiger partial charge in [-0.15, -0.1) is 0 Å². The van der Waals surface area contributed by atoms with Crippen LogP contribution in [0.2, 0.25) is 0 Å². The summed E-state index contributed by atoms with van der Waals surface area (Å²) >= 11 is 0. The summed E-state index contributed by atoms with van der Waals surface area (Å²) in [4.78, 5) is 0. The van der Waals surface area contributed by atoms with Gasteiger partial charge < -0.3 is 0 Å². The highest BCUT2D eigenvalue weighted by atomic mass is 14.0. The first kappa shape index (κ1) is 8.58. The van der Waals surface area contributed by atoms with Gasteiger partial charge in [-0.3, -0.25) is 0 Å². The molecule has 0 unspecified atom stereocenters. The van der Waals surface area contributed by atoms with Gasteiger partial charge in [0.1, 0.15) is 0 Å². The van der Waals surface area contributed by atoms with Crippen LogP contribution in [0.25, 0.3) is 0 Å². The average Bonchev–Trinajstić information content (AvgIpc) is 1.96. The van der Waals surface area contributed by atoms with Crippen LogP contribution < -0.4 is 0 Å². The number of hydrogen-bond donors (Lipinski definition) is 0. The van der Waals surface area contributed by atoms with Gasteiger partial charge in [0.25, 0.3) is 0 Å². The summed E-state index contributed by atoms with van der Waals surface area (Å²) in [6.07, 6.45) is 11.1. The Morgan fingerprint density at radius 3 is 2.64 bits per heavy atom. The second kappa shape index (κ2) is 4.38. The van der Waals surface area contributed by atoms with Crippen LogP contribution >= 0.6 is 0 Å². The van der Waals surface area contributed by atoms with Crippen molar-refractivity contribution >= 4 is 0 Å². The summed E-state index contributed by atoms with van der Waals surface area (Å²) in [5.41, 5.74) is 3.21. The van der Waals surface area contributed by atoms with E-state index in [0.29, 0.717) is 0 Å². The summed E-state index contributed by atoms with van der Waals surface area (Å²) in [5, 5.41) is 0. The second-order valence-electron chi connectivity index (χ2n) is 3.34. The monoisotopic (exact) mass is 150 g/mol. The molecule has 0 bridgehead atoms.